The van der Waals surface area contributed by atoms with E-state index in [9.17, 15) is 0 Å². The summed E-state index contributed by atoms with van der Waals surface area (Å²) in [6.45, 7) is 4.66. The lowest BCUT2D eigenvalue weighted by Crippen LogP contribution is -2.21. The van der Waals surface area contributed by atoms with Crippen molar-refractivity contribution < 1.29 is 0 Å². The van der Waals surface area contributed by atoms with Gasteiger partial charge in [0.15, 0.2) is 0 Å². The fourth-order valence-electron chi connectivity index (χ4n) is 2.60. The maximum Gasteiger partial charge on any atom is 0.0366 e. The van der Waals surface area contributed by atoms with Crippen LogP contribution in [0.15, 0.2) is 0 Å². The minimum Gasteiger partial charge on any atom is -0.123 e. The lowest BCUT2D eigenvalue weighted by molar-refractivity contribution is 0.306. The van der Waals surface area contributed by atoms with Gasteiger partial charge in [0.25, 0.3) is 0 Å². The zero-order valence-electron chi connectivity index (χ0n) is 9.06. The van der Waals surface area contributed by atoms with Crippen LogP contribution >= 0.6 is 11.6 Å². The standard InChI is InChI=1S/C12H23Cl/c1-3-7-10(2)11-8-5-4-6-9-12(11)13/h10-12H,3-9H2,1-2H3. The van der Waals surface area contributed by atoms with Crippen LogP contribution in [0.5, 0.6) is 0 Å². The highest BCUT2D eigenvalue weighted by Gasteiger charge is 2.25. The van der Waals surface area contributed by atoms with Gasteiger partial charge in [-0.15, -0.1) is 11.6 Å². The Morgan fingerprint density at radius 3 is 2.62 bits per heavy atom. The van der Waals surface area contributed by atoms with Crippen LogP contribution in [0.25, 0.3) is 0 Å². The molecule has 1 aliphatic carbocycles. The molecule has 78 valence electrons. The van der Waals surface area contributed by atoms with Crippen molar-refractivity contribution in [2.45, 2.75) is 64.2 Å². The molecule has 1 fully saturated rings. The Bertz CT molecular complexity index is 133. The number of alkyl halides is 1. The van der Waals surface area contributed by atoms with Crippen molar-refractivity contribution in [1.82, 2.24) is 0 Å². The predicted octanol–water partition coefficient (Wildman–Crippen LogP) is 4.61. The molecule has 1 rings (SSSR count). The second-order valence-corrected chi connectivity index (χ2v) is 5.14. The Balaban J connectivity index is 2.43. The molecule has 0 amide bonds. The number of halogens is 1. The van der Waals surface area contributed by atoms with Gasteiger partial charge >= 0.3 is 0 Å². The maximum absolute atomic E-state index is 6.42. The smallest absolute Gasteiger partial charge is 0.0366 e. The molecule has 1 saturated carbocycles. The highest BCUT2D eigenvalue weighted by molar-refractivity contribution is 6.20. The van der Waals surface area contributed by atoms with E-state index in [1.807, 2.05) is 0 Å². The van der Waals surface area contributed by atoms with Crippen molar-refractivity contribution in [3.63, 3.8) is 0 Å². The van der Waals surface area contributed by atoms with Crippen molar-refractivity contribution in [2.75, 3.05) is 0 Å². The van der Waals surface area contributed by atoms with Crippen molar-refractivity contribution in [2.24, 2.45) is 11.8 Å². The van der Waals surface area contributed by atoms with Gasteiger partial charge in [-0.1, -0.05) is 46.0 Å². The third kappa shape index (κ3) is 3.50. The Morgan fingerprint density at radius 1 is 1.23 bits per heavy atom. The quantitative estimate of drug-likeness (QED) is 0.463. The molecule has 0 saturated heterocycles. The molecule has 1 heteroatoms. The summed E-state index contributed by atoms with van der Waals surface area (Å²) in [5.74, 6) is 1.63. The molecule has 0 bridgehead atoms. The summed E-state index contributed by atoms with van der Waals surface area (Å²) >= 11 is 6.42. The zero-order valence-corrected chi connectivity index (χ0v) is 9.82. The summed E-state index contributed by atoms with van der Waals surface area (Å²) in [5.41, 5.74) is 0. The van der Waals surface area contributed by atoms with Gasteiger partial charge in [-0.25, -0.2) is 0 Å². The zero-order chi connectivity index (χ0) is 9.68. The largest absolute Gasteiger partial charge is 0.123 e. The molecule has 0 spiro atoms. The van der Waals surface area contributed by atoms with E-state index >= 15 is 0 Å². The van der Waals surface area contributed by atoms with E-state index in [-0.39, 0.29) is 0 Å². The lowest BCUT2D eigenvalue weighted by atomic mass is 9.84. The predicted molar refractivity (Wildman–Crippen MR) is 60.3 cm³/mol. The number of hydrogen-bond donors (Lipinski definition) is 0. The van der Waals surface area contributed by atoms with Crippen LogP contribution in [0.2, 0.25) is 0 Å². The van der Waals surface area contributed by atoms with Crippen molar-refractivity contribution in [1.29, 1.82) is 0 Å². The van der Waals surface area contributed by atoms with Crippen LogP contribution in [-0.2, 0) is 0 Å². The van der Waals surface area contributed by atoms with Crippen LogP contribution < -0.4 is 0 Å². The van der Waals surface area contributed by atoms with Crippen LogP contribution in [0, 0.1) is 11.8 Å². The van der Waals surface area contributed by atoms with Gasteiger partial charge in [0.1, 0.15) is 0 Å². The summed E-state index contributed by atoms with van der Waals surface area (Å²) in [5, 5.41) is 0.462. The minimum absolute atomic E-state index is 0.462. The Morgan fingerprint density at radius 2 is 1.92 bits per heavy atom. The molecule has 0 radical (unpaired) electrons. The highest BCUT2D eigenvalue weighted by atomic mass is 35.5. The average molecular weight is 203 g/mol. The first kappa shape index (κ1) is 11.4. The van der Waals surface area contributed by atoms with Crippen molar-refractivity contribution in [3.8, 4) is 0 Å². The fourth-order valence-corrected chi connectivity index (χ4v) is 3.13. The maximum atomic E-state index is 6.42. The summed E-state index contributed by atoms with van der Waals surface area (Å²) in [4.78, 5) is 0. The van der Waals surface area contributed by atoms with E-state index in [4.69, 9.17) is 11.6 Å². The first-order valence-electron chi connectivity index (χ1n) is 5.89. The van der Waals surface area contributed by atoms with E-state index < -0.39 is 0 Å². The highest BCUT2D eigenvalue weighted by Crippen LogP contribution is 2.34. The van der Waals surface area contributed by atoms with E-state index in [1.54, 1.807) is 0 Å². The molecule has 0 N–H and O–H groups in total. The van der Waals surface area contributed by atoms with Crippen LogP contribution in [0.3, 0.4) is 0 Å². The Hall–Kier alpha value is 0.290. The summed E-state index contributed by atoms with van der Waals surface area (Å²) < 4.78 is 0. The molecular formula is C12H23Cl. The summed E-state index contributed by atoms with van der Waals surface area (Å²) in [6.07, 6.45) is 9.44. The van der Waals surface area contributed by atoms with Crippen LogP contribution in [0.1, 0.15) is 58.8 Å². The molecule has 0 aromatic heterocycles. The molecule has 3 unspecified atom stereocenters. The number of rotatable bonds is 3. The van der Waals surface area contributed by atoms with Gasteiger partial charge in [-0.3, -0.25) is 0 Å². The van der Waals surface area contributed by atoms with E-state index in [2.05, 4.69) is 13.8 Å². The van der Waals surface area contributed by atoms with E-state index in [0.29, 0.717) is 5.38 Å². The van der Waals surface area contributed by atoms with Gasteiger partial charge in [-0.05, 0) is 24.7 Å². The average Bonchev–Trinajstić information content (AvgIpc) is 2.30. The SMILES string of the molecule is CCCC(C)C1CCCCCC1Cl. The summed E-state index contributed by atoms with van der Waals surface area (Å²) in [6, 6.07) is 0. The second-order valence-electron chi connectivity index (χ2n) is 4.58. The van der Waals surface area contributed by atoms with Gasteiger partial charge < -0.3 is 0 Å². The van der Waals surface area contributed by atoms with Crippen LogP contribution in [0.4, 0.5) is 0 Å². The molecule has 3 atom stereocenters. The van der Waals surface area contributed by atoms with Crippen molar-refractivity contribution in [3.05, 3.63) is 0 Å². The van der Waals surface area contributed by atoms with E-state index in [1.165, 1.54) is 44.9 Å². The van der Waals surface area contributed by atoms with Gasteiger partial charge in [-0.2, -0.15) is 0 Å². The third-order valence-electron chi connectivity index (χ3n) is 3.46. The Labute approximate surface area is 88.1 Å². The molecule has 0 aromatic carbocycles. The fraction of sp³-hybridized carbons (Fsp3) is 1.00. The topological polar surface area (TPSA) is 0 Å². The Kier molecular flexibility index (Phi) is 5.16. The lowest BCUT2D eigenvalue weighted by Gasteiger charge is -2.26. The van der Waals surface area contributed by atoms with Crippen molar-refractivity contribution >= 4 is 11.6 Å². The molecule has 0 aromatic rings. The first-order valence-corrected chi connectivity index (χ1v) is 6.33. The van der Waals surface area contributed by atoms with Gasteiger partial charge in [0, 0.05) is 5.38 Å². The molecule has 0 nitrogen and oxygen atoms in total. The molecule has 13 heavy (non-hydrogen) atoms. The summed E-state index contributed by atoms with van der Waals surface area (Å²) in [7, 11) is 0. The second kappa shape index (κ2) is 5.90. The monoisotopic (exact) mass is 202 g/mol. The molecule has 1 aliphatic rings. The normalized spacial score (nSPS) is 32.5. The molecular weight excluding hydrogens is 180 g/mol. The molecule has 0 heterocycles. The third-order valence-corrected chi connectivity index (χ3v) is 4.00. The molecule has 0 aliphatic heterocycles. The van der Waals surface area contributed by atoms with Gasteiger partial charge in [0.05, 0.1) is 0 Å². The van der Waals surface area contributed by atoms with Gasteiger partial charge in [0.2, 0.25) is 0 Å². The minimum atomic E-state index is 0.462. The van der Waals surface area contributed by atoms with E-state index in [0.717, 1.165) is 11.8 Å². The number of hydrogen-bond acceptors (Lipinski definition) is 0. The first-order chi connectivity index (χ1) is 6.25. The van der Waals surface area contributed by atoms with Crippen LogP contribution in [-0.4, -0.2) is 5.38 Å².